The molecule has 0 aromatic heterocycles. The second-order valence-corrected chi connectivity index (χ2v) is 7.15. The topological polar surface area (TPSA) is 9.72 Å². The van der Waals surface area contributed by atoms with E-state index in [-0.39, 0.29) is 0 Å². The Morgan fingerprint density at radius 2 is 0.722 bits per heavy atom. The molecule has 0 saturated carbocycles. The number of thiocarbonyl (C=S) groups is 3. The second kappa shape index (κ2) is 8.11. The first kappa shape index (κ1) is 16.8. The van der Waals surface area contributed by atoms with Crippen molar-refractivity contribution in [1.29, 1.82) is 0 Å². The maximum Gasteiger partial charge on any atom is 0.133 e. The Morgan fingerprint density at radius 1 is 0.556 bits per heavy atom. The van der Waals surface area contributed by atoms with Crippen molar-refractivity contribution < 1.29 is 0 Å². The molecular weight excluding hydrogens is 343 g/mol. The molecule has 3 nitrogen and oxygen atoms in total. The van der Waals surface area contributed by atoms with Crippen LogP contribution >= 0.6 is 74.5 Å². The summed E-state index contributed by atoms with van der Waals surface area (Å²) in [5.41, 5.74) is 0. The molecule has 0 amide bonds. The lowest BCUT2D eigenvalue weighted by Gasteiger charge is -2.25. The molecule has 102 valence electrons. The van der Waals surface area contributed by atoms with Crippen LogP contribution in [-0.4, -0.2) is 66.9 Å². The van der Waals surface area contributed by atoms with Crippen LogP contribution in [0.1, 0.15) is 0 Å². The minimum Gasteiger partial charge on any atom is -0.354 e. The van der Waals surface area contributed by atoms with Gasteiger partial charge in [-0.2, -0.15) is 0 Å². The van der Waals surface area contributed by atoms with Crippen LogP contribution in [0.15, 0.2) is 0 Å². The van der Waals surface area contributed by atoms with Crippen LogP contribution in [0.25, 0.3) is 0 Å². The highest BCUT2D eigenvalue weighted by atomic mass is 32.1. The Morgan fingerprint density at radius 3 is 0.833 bits per heavy atom. The van der Waals surface area contributed by atoms with Crippen LogP contribution in [0.3, 0.4) is 0 Å². The van der Waals surface area contributed by atoms with Gasteiger partial charge in [-0.25, -0.2) is 0 Å². The van der Waals surface area contributed by atoms with Crippen molar-refractivity contribution in [3.63, 3.8) is 0 Å². The van der Waals surface area contributed by atoms with Gasteiger partial charge in [-0.3, -0.25) is 0 Å². The van der Waals surface area contributed by atoms with Gasteiger partial charge in [0.05, 0.1) is 0 Å². The smallest absolute Gasteiger partial charge is 0.133 e. The lowest BCUT2D eigenvalue weighted by molar-refractivity contribution is 0.377. The summed E-state index contributed by atoms with van der Waals surface area (Å²) in [6, 6.07) is 0. The number of nitrogens with zero attached hydrogens (tertiary/aromatic N) is 3. The van der Waals surface area contributed by atoms with Crippen LogP contribution in [0.5, 0.6) is 0 Å². The van der Waals surface area contributed by atoms with Gasteiger partial charge in [0.15, 0.2) is 0 Å². The number of thiol groups is 3. The lowest BCUT2D eigenvalue weighted by atomic mass is 10.5. The summed E-state index contributed by atoms with van der Waals surface area (Å²) in [7, 11) is 0. The average molecular weight is 358 g/mol. The van der Waals surface area contributed by atoms with Gasteiger partial charge in [-0.15, -0.1) is 37.9 Å². The SMILES string of the molecule is S=C(S)N1CCN(C(=S)S)CCN(C(=S)S)CC1. The van der Waals surface area contributed by atoms with E-state index in [0.717, 1.165) is 39.3 Å². The van der Waals surface area contributed by atoms with Gasteiger partial charge in [0.1, 0.15) is 13.0 Å². The van der Waals surface area contributed by atoms with E-state index in [9.17, 15) is 0 Å². The molecule has 0 aliphatic carbocycles. The fourth-order valence-corrected chi connectivity index (χ4v) is 2.78. The third-order valence-corrected chi connectivity index (χ3v) is 4.35. The molecule has 1 heterocycles. The Hall–Kier alpha value is 0.720. The molecule has 1 saturated heterocycles. The van der Waals surface area contributed by atoms with Gasteiger partial charge in [0.2, 0.25) is 0 Å². The van der Waals surface area contributed by atoms with E-state index < -0.39 is 0 Å². The van der Waals surface area contributed by atoms with Gasteiger partial charge in [-0.1, -0.05) is 36.7 Å². The maximum absolute atomic E-state index is 5.12. The van der Waals surface area contributed by atoms with Crippen molar-refractivity contribution in [3.05, 3.63) is 0 Å². The zero-order valence-corrected chi connectivity index (χ0v) is 14.8. The van der Waals surface area contributed by atoms with Crippen LogP contribution in [0.2, 0.25) is 0 Å². The van der Waals surface area contributed by atoms with E-state index in [1.54, 1.807) is 0 Å². The van der Waals surface area contributed by atoms with Crippen molar-refractivity contribution in [2.75, 3.05) is 39.3 Å². The van der Waals surface area contributed by atoms with Crippen LogP contribution in [-0.2, 0) is 0 Å². The van der Waals surface area contributed by atoms with E-state index in [4.69, 9.17) is 36.7 Å². The third kappa shape index (κ3) is 5.38. The predicted molar refractivity (Wildman–Crippen MR) is 99.5 cm³/mol. The van der Waals surface area contributed by atoms with Crippen molar-refractivity contribution in [2.45, 2.75) is 0 Å². The molecule has 9 heteroatoms. The lowest BCUT2D eigenvalue weighted by Crippen LogP contribution is -2.38. The Kier molecular flexibility index (Phi) is 7.55. The largest absolute Gasteiger partial charge is 0.354 e. The molecular formula is C9H15N3S6. The monoisotopic (exact) mass is 357 g/mol. The van der Waals surface area contributed by atoms with Gasteiger partial charge in [0.25, 0.3) is 0 Å². The van der Waals surface area contributed by atoms with Crippen molar-refractivity contribution in [2.24, 2.45) is 0 Å². The fourth-order valence-electron chi connectivity index (χ4n) is 1.63. The summed E-state index contributed by atoms with van der Waals surface area (Å²) < 4.78 is 1.77. The van der Waals surface area contributed by atoms with Gasteiger partial charge >= 0.3 is 0 Å². The zero-order chi connectivity index (χ0) is 13.7. The second-order valence-electron chi connectivity index (χ2n) is 3.81. The average Bonchev–Trinajstić information content (AvgIpc) is 2.37. The minimum absolute atomic E-state index is 0.590. The first-order valence-electron chi connectivity index (χ1n) is 5.35. The zero-order valence-electron chi connectivity index (χ0n) is 9.65. The molecule has 1 fully saturated rings. The molecule has 1 aliphatic heterocycles. The summed E-state index contributed by atoms with van der Waals surface area (Å²) in [5.74, 6) is 0. The van der Waals surface area contributed by atoms with E-state index in [2.05, 4.69) is 37.9 Å². The Bertz CT molecular complexity index is 283. The molecule has 0 spiro atoms. The molecule has 0 atom stereocenters. The molecule has 0 unspecified atom stereocenters. The van der Waals surface area contributed by atoms with Gasteiger partial charge in [0, 0.05) is 39.3 Å². The van der Waals surface area contributed by atoms with Crippen molar-refractivity contribution >= 4 is 87.5 Å². The van der Waals surface area contributed by atoms with E-state index in [1.165, 1.54) is 0 Å². The first-order valence-corrected chi connectivity index (χ1v) is 7.92. The summed E-state index contributed by atoms with van der Waals surface area (Å²) >= 11 is 28.1. The van der Waals surface area contributed by atoms with E-state index in [0.29, 0.717) is 13.0 Å². The summed E-state index contributed by atoms with van der Waals surface area (Å²) in [4.78, 5) is 6.09. The maximum atomic E-state index is 5.12. The molecule has 1 rings (SSSR count). The highest BCUT2D eigenvalue weighted by Crippen LogP contribution is 2.07. The summed E-state index contributed by atoms with van der Waals surface area (Å²) in [6.07, 6.45) is 0. The van der Waals surface area contributed by atoms with Crippen LogP contribution in [0.4, 0.5) is 0 Å². The Balaban J connectivity index is 2.77. The predicted octanol–water partition coefficient (Wildman–Crippen LogP) is 1.55. The molecule has 0 aromatic carbocycles. The molecule has 1 aliphatic rings. The Labute approximate surface area is 140 Å². The standard InChI is InChI=1S/C9H15N3S6/c13-7(14)10-1-2-11(8(15)16)5-6-12(4-3-10)9(17)18/h1-6H2,(H,13,14)(H,15,16)(H,17,18). The molecule has 0 aromatic rings. The normalized spacial score (nSPS) is 17.8. The van der Waals surface area contributed by atoms with E-state index >= 15 is 0 Å². The molecule has 0 N–H and O–H groups in total. The third-order valence-electron chi connectivity index (χ3n) is 2.73. The number of hydrogen-bond donors (Lipinski definition) is 3. The molecule has 0 radical (unpaired) electrons. The molecule has 0 bridgehead atoms. The summed E-state index contributed by atoms with van der Waals surface area (Å²) in [5, 5.41) is 0. The minimum atomic E-state index is 0.590. The van der Waals surface area contributed by atoms with Crippen LogP contribution < -0.4 is 0 Å². The number of hydrogen-bond acceptors (Lipinski definition) is 3. The van der Waals surface area contributed by atoms with Gasteiger partial charge in [-0.05, 0) is 0 Å². The fraction of sp³-hybridized carbons (Fsp3) is 0.667. The van der Waals surface area contributed by atoms with Gasteiger partial charge < -0.3 is 14.7 Å². The van der Waals surface area contributed by atoms with Crippen LogP contribution in [0, 0.1) is 0 Å². The molecule has 18 heavy (non-hydrogen) atoms. The highest BCUT2D eigenvalue weighted by Gasteiger charge is 2.17. The highest BCUT2D eigenvalue weighted by molar-refractivity contribution is 8.11. The van der Waals surface area contributed by atoms with Crippen molar-refractivity contribution in [1.82, 2.24) is 14.7 Å². The van der Waals surface area contributed by atoms with Crippen molar-refractivity contribution in [3.8, 4) is 0 Å². The first-order chi connectivity index (χ1) is 8.41. The quantitative estimate of drug-likeness (QED) is 0.445. The van der Waals surface area contributed by atoms with E-state index in [1.807, 2.05) is 14.7 Å². The number of rotatable bonds is 0. The summed E-state index contributed by atoms with van der Waals surface area (Å²) in [6.45, 7) is 4.73.